The molecule has 166 valence electrons. The molecular weight excluding hydrogens is 417 g/mol. The Morgan fingerprint density at radius 2 is 1.42 bits per heavy atom. The van der Waals surface area contributed by atoms with Crippen molar-refractivity contribution in [2.75, 3.05) is 31.5 Å². The van der Waals surface area contributed by atoms with Gasteiger partial charge in [0, 0.05) is 48.6 Å². The number of benzene rings is 3. The second kappa shape index (κ2) is 10.5. The van der Waals surface area contributed by atoms with E-state index in [-0.39, 0.29) is 17.8 Å². The number of anilines is 1. The van der Waals surface area contributed by atoms with Crippen LogP contribution < -0.4 is 5.32 Å². The SMILES string of the molecule is O=C(Nc1cccc(C#Cc2ccccc2)c1)N1CCCN(C(=O)c2ccc(F)cc2)CC1. The number of rotatable bonds is 2. The lowest BCUT2D eigenvalue weighted by Crippen LogP contribution is -2.39. The third kappa shape index (κ3) is 5.98. The number of halogens is 1. The van der Waals surface area contributed by atoms with Crippen LogP contribution in [0.4, 0.5) is 14.9 Å². The highest BCUT2D eigenvalue weighted by atomic mass is 19.1. The summed E-state index contributed by atoms with van der Waals surface area (Å²) in [5, 5.41) is 2.93. The Morgan fingerprint density at radius 1 is 0.758 bits per heavy atom. The average Bonchev–Trinajstić information content (AvgIpc) is 3.10. The van der Waals surface area contributed by atoms with Crippen LogP contribution in [0.15, 0.2) is 78.9 Å². The Labute approximate surface area is 192 Å². The van der Waals surface area contributed by atoms with Gasteiger partial charge in [0.1, 0.15) is 5.82 Å². The highest BCUT2D eigenvalue weighted by Crippen LogP contribution is 2.14. The molecule has 0 atom stereocenters. The fourth-order valence-electron chi connectivity index (χ4n) is 3.64. The van der Waals surface area contributed by atoms with Crippen molar-refractivity contribution in [3.63, 3.8) is 0 Å². The van der Waals surface area contributed by atoms with Crippen LogP contribution in [0.5, 0.6) is 0 Å². The van der Waals surface area contributed by atoms with E-state index in [0.717, 1.165) is 11.1 Å². The molecule has 0 saturated carbocycles. The maximum absolute atomic E-state index is 13.1. The first-order valence-electron chi connectivity index (χ1n) is 10.9. The summed E-state index contributed by atoms with van der Waals surface area (Å²) in [5.74, 6) is 5.71. The fraction of sp³-hybridized carbons (Fsp3) is 0.185. The zero-order valence-electron chi connectivity index (χ0n) is 18.1. The van der Waals surface area contributed by atoms with Crippen molar-refractivity contribution >= 4 is 17.6 Å². The zero-order chi connectivity index (χ0) is 23.0. The van der Waals surface area contributed by atoms with Gasteiger partial charge in [-0.25, -0.2) is 9.18 Å². The molecule has 3 aromatic carbocycles. The van der Waals surface area contributed by atoms with E-state index in [1.54, 1.807) is 9.80 Å². The number of carbonyl (C=O) groups excluding carboxylic acids is 2. The van der Waals surface area contributed by atoms with Crippen LogP contribution in [0.2, 0.25) is 0 Å². The maximum Gasteiger partial charge on any atom is 0.321 e. The first-order valence-corrected chi connectivity index (χ1v) is 10.9. The van der Waals surface area contributed by atoms with Crippen molar-refractivity contribution in [1.29, 1.82) is 0 Å². The molecule has 0 bridgehead atoms. The molecule has 0 aliphatic carbocycles. The molecule has 0 spiro atoms. The summed E-state index contributed by atoms with van der Waals surface area (Å²) < 4.78 is 13.1. The Bertz CT molecular complexity index is 1180. The third-order valence-corrected chi connectivity index (χ3v) is 5.40. The van der Waals surface area contributed by atoms with Gasteiger partial charge >= 0.3 is 6.03 Å². The van der Waals surface area contributed by atoms with Crippen LogP contribution in [0.1, 0.15) is 27.9 Å². The first kappa shape index (κ1) is 22.1. The van der Waals surface area contributed by atoms with E-state index in [2.05, 4.69) is 17.2 Å². The van der Waals surface area contributed by atoms with Crippen molar-refractivity contribution in [2.45, 2.75) is 6.42 Å². The molecule has 0 radical (unpaired) electrons. The first-order chi connectivity index (χ1) is 16.1. The summed E-state index contributed by atoms with van der Waals surface area (Å²) in [5.41, 5.74) is 2.85. The molecule has 1 aliphatic heterocycles. The molecule has 1 heterocycles. The lowest BCUT2D eigenvalue weighted by atomic mass is 10.1. The molecule has 4 rings (SSSR count). The summed E-state index contributed by atoms with van der Waals surface area (Å²) >= 11 is 0. The topological polar surface area (TPSA) is 52.7 Å². The van der Waals surface area contributed by atoms with Crippen LogP contribution in [-0.2, 0) is 0 Å². The van der Waals surface area contributed by atoms with E-state index in [1.807, 2.05) is 54.6 Å². The van der Waals surface area contributed by atoms with Crippen LogP contribution in [-0.4, -0.2) is 47.9 Å². The van der Waals surface area contributed by atoms with Gasteiger partial charge in [-0.3, -0.25) is 4.79 Å². The second-order valence-corrected chi connectivity index (χ2v) is 7.77. The molecule has 0 unspecified atom stereocenters. The second-order valence-electron chi connectivity index (χ2n) is 7.77. The normalized spacial score (nSPS) is 13.5. The van der Waals surface area contributed by atoms with E-state index >= 15 is 0 Å². The maximum atomic E-state index is 13.1. The zero-order valence-corrected chi connectivity index (χ0v) is 18.1. The van der Waals surface area contributed by atoms with E-state index in [1.165, 1.54) is 24.3 Å². The molecule has 3 amide bonds. The molecule has 5 nitrogen and oxygen atoms in total. The summed E-state index contributed by atoms with van der Waals surface area (Å²) in [6.45, 7) is 1.94. The molecule has 1 fully saturated rings. The van der Waals surface area contributed by atoms with Crippen molar-refractivity contribution in [3.8, 4) is 11.8 Å². The van der Waals surface area contributed by atoms with Gasteiger partial charge in [0.05, 0.1) is 0 Å². The summed E-state index contributed by atoms with van der Waals surface area (Å²) in [4.78, 5) is 29.0. The minimum absolute atomic E-state index is 0.151. The van der Waals surface area contributed by atoms with Crippen molar-refractivity contribution < 1.29 is 14.0 Å². The summed E-state index contributed by atoms with van der Waals surface area (Å²) in [7, 11) is 0. The van der Waals surface area contributed by atoms with E-state index < -0.39 is 0 Å². The number of urea groups is 1. The smallest absolute Gasteiger partial charge is 0.321 e. The van der Waals surface area contributed by atoms with E-state index in [0.29, 0.717) is 43.9 Å². The van der Waals surface area contributed by atoms with Crippen molar-refractivity contribution in [1.82, 2.24) is 9.80 Å². The quantitative estimate of drug-likeness (QED) is 0.591. The highest BCUT2D eigenvalue weighted by molar-refractivity contribution is 5.94. The van der Waals surface area contributed by atoms with Gasteiger partial charge in [-0.05, 0) is 61.0 Å². The molecular formula is C27H24FN3O2. The lowest BCUT2D eigenvalue weighted by molar-refractivity contribution is 0.0762. The van der Waals surface area contributed by atoms with Gasteiger partial charge in [0.2, 0.25) is 0 Å². The van der Waals surface area contributed by atoms with Gasteiger partial charge in [-0.2, -0.15) is 0 Å². The Morgan fingerprint density at radius 3 is 2.21 bits per heavy atom. The van der Waals surface area contributed by atoms with Crippen LogP contribution in [0, 0.1) is 17.7 Å². The molecule has 1 saturated heterocycles. The third-order valence-electron chi connectivity index (χ3n) is 5.40. The predicted octanol–water partition coefficient (Wildman–Crippen LogP) is 4.61. The number of amides is 3. The Kier molecular flexibility index (Phi) is 7.01. The van der Waals surface area contributed by atoms with Crippen LogP contribution in [0.25, 0.3) is 0 Å². The monoisotopic (exact) mass is 441 g/mol. The highest BCUT2D eigenvalue weighted by Gasteiger charge is 2.23. The van der Waals surface area contributed by atoms with Crippen LogP contribution >= 0.6 is 0 Å². The minimum atomic E-state index is -0.375. The number of hydrogen-bond acceptors (Lipinski definition) is 2. The fourth-order valence-corrected chi connectivity index (χ4v) is 3.64. The molecule has 1 aliphatic rings. The number of nitrogens with zero attached hydrogens (tertiary/aromatic N) is 2. The Balaban J connectivity index is 1.36. The van der Waals surface area contributed by atoms with Crippen molar-refractivity contribution in [2.24, 2.45) is 0 Å². The average molecular weight is 442 g/mol. The van der Waals surface area contributed by atoms with E-state index in [9.17, 15) is 14.0 Å². The molecule has 33 heavy (non-hydrogen) atoms. The summed E-state index contributed by atoms with van der Waals surface area (Å²) in [6, 6.07) is 22.5. The lowest BCUT2D eigenvalue weighted by Gasteiger charge is -2.22. The standard InChI is InChI=1S/C27H24FN3O2/c28-24-14-12-23(13-15-24)26(32)30-16-5-17-31(19-18-30)27(33)29-25-9-4-8-22(20-25)11-10-21-6-2-1-3-7-21/h1-4,6-9,12-15,20H,5,16-19H2,(H,29,33). The van der Waals surface area contributed by atoms with Gasteiger partial charge in [0.25, 0.3) is 5.91 Å². The largest absolute Gasteiger partial charge is 0.337 e. The predicted molar refractivity (Wildman–Crippen MR) is 126 cm³/mol. The molecule has 6 heteroatoms. The van der Waals surface area contributed by atoms with Gasteiger partial charge < -0.3 is 15.1 Å². The summed E-state index contributed by atoms with van der Waals surface area (Å²) in [6.07, 6.45) is 0.670. The molecule has 1 N–H and O–H groups in total. The minimum Gasteiger partial charge on any atom is -0.337 e. The van der Waals surface area contributed by atoms with Crippen LogP contribution in [0.3, 0.4) is 0 Å². The number of carbonyl (C=O) groups is 2. The van der Waals surface area contributed by atoms with Gasteiger partial charge in [0.15, 0.2) is 0 Å². The number of nitrogens with one attached hydrogen (secondary N) is 1. The van der Waals surface area contributed by atoms with Gasteiger partial charge in [-0.1, -0.05) is 36.1 Å². The van der Waals surface area contributed by atoms with Crippen molar-refractivity contribution in [3.05, 3.63) is 101 Å². The molecule has 3 aromatic rings. The van der Waals surface area contributed by atoms with Gasteiger partial charge in [-0.15, -0.1) is 0 Å². The number of hydrogen-bond donors (Lipinski definition) is 1. The Hall–Kier alpha value is -4.11. The molecule has 0 aromatic heterocycles. The van der Waals surface area contributed by atoms with E-state index in [4.69, 9.17) is 0 Å².